The molecule has 1 aromatic rings. The van der Waals surface area contributed by atoms with Crippen molar-refractivity contribution in [1.82, 2.24) is 10.3 Å². The monoisotopic (exact) mass is 250 g/mol. The number of aromatic nitrogens is 1. The first-order chi connectivity index (χ1) is 8.28. The summed E-state index contributed by atoms with van der Waals surface area (Å²) in [6, 6.07) is 3.38. The van der Waals surface area contributed by atoms with Gasteiger partial charge in [0.15, 0.2) is 0 Å². The van der Waals surface area contributed by atoms with E-state index in [-0.39, 0.29) is 18.7 Å². The maximum absolute atomic E-state index is 11.8. The van der Waals surface area contributed by atoms with Crippen molar-refractivity contribution in [2.75, 3.05) is 5.73 Å². The minimum absolute atomic E-state index is 0.0912. The van der Waals surface area contributed by atoms with Gasteiger partial charge in [-0.05, 0) is 26.0 Å². The Labute approximate surface area is 106 Å². The number of pyridine rings is 1. The molecule has 18 heavy (non-hydrogen) atoms. The Kier molecular flexibility index (Phi) is 4.25. The molecule has 6 nitrogen and oxygen atoms in total. The Morgan fingerprint density at radius 3 is 2.56 bits per heavy atom. The number of amides is 2. The molecule has 1 aromatic heterocycles. The van der Waals surface area contributed by atoms with E-state index < -0.39 is 11.4 Å². The summed E-state index contributed by atoms with van der Waals surface area (Å²) >= 11 is 0. The number of nitrogens with one attached hydrogen (secondary N) is 1. The van der Waals surface area contributed by atoms with Gasteiger partial charge in [-0.1, -0.05) is 0 Å². The van der Waals surface area contributed by atoms with Crippen LogP contribution in [0.2, 0.25) is 0 Å². The Balaban J connectivity index is 2.56. The smallest absolute Gasteiger partial charge is 0.226 e. The Morgan fingerprint density at radius 1 is 1.39 bits per heavy atom. The summed E-state index contributed by atoms with van der Waals surface area (Å²) < 4.78 is 0. The second-order valence-electron chi connectivity index (χ2n) is 4.83. The van der Waals surface area contributed by atoms with Crippen LogP contribution in [0, 0.1) is 0 Å². The summed E-state index contributed by atoms with van der Waals surface area (Å²) in [4.78, 5) is 26.6. The first-order valence-electron chi connectivity index (χ1n) is 5.58. The van der Waals surface area contributed by atoms with Crippen molar-refractivity contribution < 1.29 is 9.59 Å². The lowest BCUT2D eigenvalue weighted by atomic mass is 10.00. The number of nitrogens with two attached hydrogens (primary N) is 2. The molecule has 0 aromatic carbocycles. The Morgan fingerprint density at radius 2 is 2.06 bits per heavy atom. The van der Waals surface area contributed by atoms with E-state index in [0.29, 0.717) is 11.4 Å². The van der Waals surface area contributed by atoms with Gasteiger partial charge in [-0.2, -0.15) is 0 Å². The summed E-state index contributed by atoms with van der Waals surface area (Å²) in [5.41, 5.74) is 11.1. The quantitative estimate of drug-likeness (QED) is 0.681. The van der Waals surface area contributed by atoms with Crippen LogP contribution in [-0.4, -0.2) is 22.3 Å². The molecule has 5 N–H and O–H groups in total. The lowest BCUT2D eigenvalue weighted by Crippen LogP contribution is -2.46. The predicted molar refractivity (Wildman–Crippen MR) is 68.4 cm³/mol. The molecule has 6 heteroatoms. The topological polar surface area (TPSA) is 111 Å². The van der Waals surface area contributed by atoms with Gasteiger partial charge in [0.25, 0.3) is 0 Å². The molecular weight excluding hydrogens is 232 g/mol. The highest BCUT2D eigenvalue weighted by Gasteiger charge is 2.22. The summed E-state index contributed by atoms with van der Waals surface area (Å²) in [6.45, 7) is 3.48. The maximum Gasteiger partial charge on any atom is 0.226 e. The number of nitrogens with zero attached hydrogens (tertiary/aromatic N) is 1. The highest BCUT2D eigenvalue weighted by Crippen LogP contribution is 2.08. The average molecular weight is 250 g/mol. The lowest BCUT2D eigenvalue weighted by Gasteiger charge is -2.24. The van der Waals surface area contributed by atoms with Crippen LogP contribution in [0.5, 0.6) is 0 Å². The fraction of sp³-hybridized carbons (Fsp3) is 0.417. The first-order valence-corrected chi connectivity index (χ1v) is 5.58. The van der Waals surface area contributed by atoms with Gasteiger partial charge in [0.1, 0.15) is 0 Å². The SMILES string of the molecule is CC(C)(CC(N)=O)NC(=O)Cc1ccc(N)cn1. The largest absolute Gasteiger partial charge is 0.397 e. The normalized spacial score (nSPS) is 11.0. The third kappa shape index (κ3) is 4.82. The van der Waals surface area contributed by atoms with E-state index in [1.807, 2.05) is 0 Å². The van der Waals surface area contributed by atoms with E-state index in [1.54, 1.807) is 26.0 Å². The molecule has 0 saturated carbocycles. The zero-order valence-electron chi connectivity index (χ0n) is 10.6. The van der Waals surface area contributed by atoms with Crippen molar-refractivity contribution in [2.45, 2.75) is 32.2 Å². The average Bonchev–Trinajstić information content (AvgIpc) is 2.18. The maximum atomic E-state index is 11.8. The third-order valence-corrected chi connectivity index (χ3v) is 2.28. The number of anilines is 1. The minimum Gasteiger partial charge on any atom is -0.397 e. The molecule has 0 unspecified atom stereocenters. The van der Waals surface area contributed by atoms with Crippen LogP contribution in [0.3, 0.4) is 0 Å². The van der Waals surface area contributed by atoms with Crippen molar-refractivity contribution in [3.8, 4) is 0 Å². The molecule has 0 atom stereocenters. The van der Waals surface area contributed by atoms with E-state index in [2.05, 4.69) is 10.3 Å². The molecule has 0 radical (unpaired) electrons. The molecule has 1 heterocycles. The van der Waals surface area contributed by atoms with E-state index in [9.17, 15) is 9.59 Å². The van der Waals surface area contributed by atoms with Gasteiger partial charge in [0, 0.05) is 17.7 Å². The number of rotatable bonds is 5. The fourth-order valence-electron chi connectivity index (χ4n) is 1.61. The molecular formula is C12H18N4O2. The van der Waals surface area contributed by atoms with Gasteiger partial charge in [-0.25, -0.2) is 0 Å². The van der Waals surface area contributed by atoms with Crippen LogP contribution in [-0.2, 0) is 16.0 Å². The van der Waals surface area contributed by atoms with Gasteiger partial charge >= 0.3 is 0 Å². The summed E-state index contributed by atoms with van der Waals surface area (Å²) in [6.07, 6.45) is 1.73. The van der Waals surface area contributed by atoms with Gasteiger partial charge in [0.05, 0.1) is 18.3 Å². The predicted octanol–water partition coefficient (Wildman–Crippen LogP) is -0.0235. The van der Waals surface area contributed by atoms with Crippen LogP contribution >= 0.6 is 0 Å². The minimum atomic E-state index is -0.656. The van der Waals surface area contributed by atoms with Crippen LogP contribution < -0.4 is 16.8 Å². The molecule has 0 bridgehead atoms. The third-order valence-electron chi connectivity index (χ3n) is 2.28. The number of primary amides is 1. The molecule has 2 amide bonds. The zero-order chi connectivity index (χ0) is 13.8. The molecule has 98 valence electrons. The second-order valence-corrected chi connectivity index (χ2v) is 4.83. The second kappa shape index (κ2) is 5.48. The standard InChI is InChI=1S/C12H18N4O2/c1-12(2,6-10(14)17)16-11(18)5-9-4-3-8(13)7-15-9/h3-4,7H,5-6,13H2,1-2H3,(H2,14,17)(H,16,18). The van der Waals surface area contributed by atoms with E-state index in [0.717, 1.165) is 0 Å². The molecule has 0 fully saturated rings. The Bertz CT molecular complexity index is 440. The molecule has 0 spiro atoms. The number of carbonyl (C=O) groups excluding carboxylic acids is 2. The van der Waals surface area contributed by atoms with E-state index in [1.165, 1.54) is 6.20 Å². The fourth-order valence-corrected chi connectivity index (χ4v) is 1.61. The Hall–Kier alpha value is -2.11. The highest BCUT2D eigenvalue weighted by molar-refractivity contribution is 5.81. The van der Waals surface area contributed by atoms with Crippen LogP contribution in [0.4, 0.5) is 5.69 Å². The van der Waals surface area contributed by atoms with Crippen molar-refractivity contribution in [3.05, 3.63) is 24.0 Å². The molecule has 0 aliphatic rings. The first kappa shape index (κ1) is 14.0. The highest BCUT2D eigenvalue weighted by atomic mass is 16.2. The molecule has 0 saturated heterocycles. The van der Waals surface area contributed by atoms with Gasteiger partial charge in [0.2, 0.25) is 11.8 Å². The van der Waals surface area contributed by atoms with Crippen molar-refractivity contribution in [2.24, 2.45) is 5.73 Å². The van der Waals surface area contributed by atoms with Gasteiger partial charge < -0.3 is 16.8 Å². The van der Waals surface area contributed by atoms with Crippen LogP contribution in [0.25, 0.3) is 0 Å². The number of hydrogen-bond acceptors (Lipinski definition) is 4. The summed E-state index contributed by atoms with van der Waals surface area (Å²) in [5, 5.41) is 2.74. The van der Waals surface area contributed by atoms with E-state index in [4.69, 9.17) is 11.5 Å². The number of carbonyl (C=O) groups is 2. The van der Waals surface area contributed by atoms with Gasteiger partial charge in [-0.3, -0.25) is 14.6 Å². The lowest BCUT2D eigenvalue weighted by molar-refractivity contribution is -0.123. The molecule has 0 aliphatic carbocycles. The van der Waals surface area contributed by atoms with Crippen molar-refractivity contribution >= 4 is 17.5 Å². The summed E-state index contributed by atoms with van der Waals surface area (Å²) in [7, 11) is 0. The van der Waals surface area contributed by atoms with Gasteiger partial charge in [-0.15, -0.1) is 0 Å². The summed E-state index contributed by atoms with van der Waals surface area (Å²) in [5.74, 6) is -0.663. The van der Waals surface area contributed by atoms with Crippen molar-refractivity contribution in [1.29, 1.82) is 0 Å². The number of hydrogen-bond donors (Lipinski definition) is 3. The van der Waals surface area contributed by atoms with Crippen LogP contribution in [0.15, 0.2) is 18.3 Å². The van der Waals surface area contributed by atoms with Crippen molar-refractivity contribution in [3.63, 3.8) is 0 Å². The zero-order valence-corrected chi connectivity index (χ0v) is 10.6. The van der Waals surface area contributed by atoms with E-state index >= 15 is 0 Å². The van der Waals surface area contributed by atoms with Crippen LogP contribution in [0.1, 0.15) is 26.0 Å². The molecule has 0 aliphatic heterocycles. The number of nitrogen functional groups attached to an aromatic ring is 1. The molecule has 1 rings (SSSR count).